The fraction of sp³-hybridized carbons (Fsp3) is 0.316. The summed E-state index contributed by atoms with van der Waals surface area (Å²) in [5.74, 6) is -1.13. The van der Waals surface area contributed by atoms with Crippen LogP contribution in [-0.4, -0.2) is 24.7 Å². The average Bonchev–Trinajstić information content (AvgIpc) is 3.04. The first-order valence-electron chi connectivity index (χ1n) is 8.34. The normalized spacial score (nSPS) is 19.4. The fourth-order valence-electron chi connectivity index (χ4n) is 2.80. The van der Waals surface area contributed by atoms with Crippen molar-refractivity contribution >= 4 is 17.3 Å². The molecule has 5 nitrogen and oxygen atoms in total. The van der Waals surface area contributed by atoms with Crippen LogP contribution in [0.5, 0.6) is 0 Å². The summed E-state index contributed by atoms with van der Waals surface area (Å²) < 4.78 is 32.6. The maximum atomic E-state index is 14.3. The third-order valence-electron chi connectivity index (χ3n) is 4.46. The minimum atomic E-state index is -1.04. The number of nitrogens with one attached hydrogen (secondary N) is 2. The summed E-state index contributed by atoms with van der Waals surface area (Å²) in [4.78, 5) is 12.1. The Kier molecular flexibility index (Phi) is 5.20. The van der Waals surface area contributed by atoms with E-state index in [1.807, 2.05) is 0 Å². The molecule has 1 atom stereocenters. The molecule has 2 aromatic carbocycles. The van der Waals surface area contributed by atoms with Crippen LogP contribution in [-0.2, 0) is 16.1 Å². The second kappa shape index (κ2) is 7.39. The lowest BCUT2D eigenvalue weighted by Crippen LogP contribution is -2.54. The molecule has 1 aliphatic rings. The number of rotatable bonds is 5. The molecule has 1 saturated heterocycles. The number of anilines is 2. The largest absolute Gasteiger partial charge is 0.379 e. The van der Waals surface area contributed by atoms with Crippen LogP contribution in [0.15, 0.2) is 36.4 Å². The maximum Gasteiger partial charge on any atom is 0.242 e. The maximum absolute atomic E-state index is 14.3. The summed E-state index contributed by atoms with van der Waals surface area (Å²) in [5, 5.41) is 5.71. The number of carbonyl (C=O) groups is 1. The van der Waals surface area contributed by atoms with Crippen molar-refractivity contribution < 1.29 is 18.3 Å². The molecule has 0 saturated carbocycles. The molecule has 7 heteroatoms. The van der Waals surface area contributed by atoms with E-state index in [1.54, 1.807) is 25.1 Å². The van der Waals surface area contributed by atoms with Gasteiger partial charge < -0.3 is 21.1 Å². The smallest absolute Gasteiger partial charge is 0.242 e. The first-order valence-corrected chi connectivity index (χ1v) is 8.34. The summed E-state index contributed by atoms with van der Waals surface area (Å²) in [6.07, 6.45) is 0.446. The number of ether oxygens (including phenoxy) is 1. The van der Waals surface area contributed by atoms with E-state index in [1.165, 1.54) is 18.2 Å². The van der Waals surface area contributed by atoms with Gasteiger partial charge in [0, 0.05) is 30.1 Å². The lowest BCUT2D eigenvalue weighted by atomic mass is 9.99. The Labute approximate surface area is 150 Å². The minimum Gasteiger partial charge on any atom is -0.379 e. The summed E-state index contributed by atoms with van der Waals surface area (Å²) >= 11 is 0. The third kappa shape index (κ3) is 4.00. The predicted octanol–water partition coefficient (Wildman–Crippen LogP) is 2.75. The molecule has 4 N–H and O–H groups in total. The van der Waals surface area contributed by atoms with Gasteiger partial charge in [0.05, 0.1) is 6.61 Å². The zero-order chi connectivity index (χ0) is 18.7. The zero-order valence-electron chi connectivity index (χ0n) is 14.4. The molecule has 1 fully saturated rings. The van der Waals surface area contributed by atoms with Crippen molar-refractivity contribution in [1.29, 1.82) is 0 Å². The van der Waals surface area contributed by atoms with Gasteiger partial charge >= 0.3 is 0 Å². The molecule has 0 aliphatic carbocycles. The monoisotopic (exact) mass is 361 g/mol. The topological polar surface area (TPSA) is 76.4 Å². The standard InChI is InChI=1S/C19H21F2N3O2/c1-12-8-14(20)3-5-17(12)24-15-4-2-13(16(21)9-15)10-23-18(25)19(22)6-7-26-11-19/h2-5,8-9,24H,6-7,10-11,22H2,1H3,(H,23,25)/t19-/m0/s1. The number of halogens is 2. The Morgan fingerprint density at radius 3 is 2.73 bits per heavy atom. The van der Waals surface area contributed by atoms with Crippen LogP contribution in [0.4, 0.5) is 20.2 Å². The van der Waals surface area contributed by atoms with Gasteiger partial charge in [0.25, 0.3) is 0 Å². The molecule has 0 aromatic heterocycles. The first kappa shape index (κ1) is 18.3. The van der Waals surface area contributed by atoms with Gasteiger partial charge in [-0.25, -0.2) is 8.78 Å². The molecule has 0 radical (unpaired) electrons. The van der Waals surface area contributed by atoms with E-state index in [0.717, 1.165) is 0 Å². The van der Waals surface area contributed by atoms with E-state index >= 15 is 0 Å². The summed E-state index contributed by atoms with van der Waals surface area (Å²) in [6.45, 7) is 2.42. The third-order valence-corrected chi connectivity index (χ3v) is 4.46. The summed E-state index contributed by atoms with van der Waals surface area (Å²) in [5.41, 5.74) is 7.22. The van der Waals surface area contributed by atoms with Crippen molar-refractivity contribution in [3.63, 3.8) is 0 Å². The number of benzene rings is 2. The van der Waals surface area contributed by atoms with Crippen molar-refractivity contribution in [3.05, 3.63) is 59.2 Å². The van der Waals surface area contributed by atoms with E-state index in [9.17, 15) is 13.6 Å². The van der Waals surface area contributed by atoms with Gasteiger partial charge in [0.1, 0.15) is 17.2 Å². The molecular formula is C19H21F2N3O2. The second-order valence-corrected chi connectivity index (χ2v) is 6.53. The van der Waals surface area contributed by atoms with Crippen LogP contribution in [0.3, 0.4) is 0 Å². The van der Waals surface area contributed by atoms with E-state index in [-0.39, 0.29) is 24.9 Å². The fourth-order valence-corrected chi connectivity index (χ4v) is 2.80. The molecule has 1 heterocycles. The summed E-state index contributed by atoms with van der Waals surface area (Å²) in [7, 11) is 0. The SMILES string of the molecule is Cc1cc(F)ccc1Nc1ccc(CNC(=O)[C@]2(N)CCOC2)c(F)c1. The van der Waals surface area contributed by atoms with Crippen molar-refractivity contribution in [2.75, 3.05) is 18.5 Å². The molecule has 2 aromatic rings. The number of aryl methyl sites for hydroxylation is 1. The summed E-state index contributed by atoms with van der Waals surface area (Å²) in [6, 6.07) is 8.96. The van der Waals surface area contributed by atoms with Crippen LogP contribution in [0.1, 0.15) is 17.5 Å². The van der Waals surface area contributed by atoms with Crippen LogP contribution in [0, 0.1) is 18.6 Å². The quantitative estimate of drug-likeness (QED) is 0.765. The lowest BCUT2D eigenvalue weighted by molar-refractivity contribution is -0.126. The van der Waals surface area contributed by atoms with Crippen LogP contribution in [0.25, 0.3) is 0 Å². The first-order chi connectivity index (χ1) is 12.4. The molecule has 3 rings (SSSR count). The van der Waals surface area contributed by atoms with E-state index in [0.29, 0.717) is 35.5 Å². The van der Waals surface area contributed by atoms with Crippen molar-refractivity contribution in [2.45, 2.75) is 25.4 Å². The zero-order valence-corrected chi connectivity index (χ0v) is 14.4. The number of carbonyl (C=O) groups excluding carboxylic acids is 1. The van der Waals surface area contributed by atoms with Gasteiger partial charge in [-0.1, -0.05) is 6.07 Å². The molecule has 1 aliphatic heterocycles. The predicted molar refractivity (Wildman–Crippen MR) is 95.0 cm³/mol. The van der Waals surface area contributed by atoms with Gasteiger partial charge in [0.2, 0.25) is 5.91 Å². The highest BCUT2D eigenvalue weighted by Gasteiger charge is 2.38. The number of nitrogens with two attached hydrogens (primary N) is 1. The average molecular weight is 361 g/mol. The Bertz CT molecular complexity index is 820. The van der Waals surface area contributed by atoms with E-state index in [4.69, 9.17) is 10.5 Å². The van der Waals surface area contributed by atoms with E-state index in [2.05, 4.69) is 10.6 Å². The van der Waals surface area contributed by atoms with Crippen LogP contribution in [0.2, 0.25) is 0 Å². The molecule has 1 amide bonds. The molecule has 0 bridgehead atoms. The second-order valence-electron chi connectivity index (χ2n) is 6.53. The van der Waals surface area contributed by atoms with Gasteiger partial charge in [-0.15, -0.1) is 0 Å². The van der Waals surface area contributed by atoms with Crippen molar-refractivity contribution in [1.82, 2.24) is 5.32 Å². The molecule has 138 valence electrons. The minimum absolute atomic E-state index is 0.0411. The molecule has 26 heavy (non-hydrogen) atoms. The van der Waals surface area contributed by atoms with Gasteiger partial charge in [0.15, 0.2) is 0 Å². The molecule has 0 spiro atoms. The highest BCUT2D eigenvalue weighted by atomic mass is 19.1. The highest BCUT2D eigenvalue weighted by Crippen LogP contribution is 2.23. The number of amides is 1. The van der Waals surface area contributed by atoms with Crippen LogP contribution >= 0.6 is 0 Å². The van der Waals surface area contributed by atoms with Crippen molar-refractivity contribution in [3.8, 4) is 0 Å². The Balaban J connectivity index is 1.65. The molecular weight excluding hydrogens is 340 g/mol. The van der Waals surface area contributed by atoms with Gasteiger partial charge in [-0.2, -0.15) is 0 Å². The number of hydrogen-bond donors (Lipinski definition) is 3. The Morgan fingerprint density at radius 2 is 2.08 bits per heavy atom. The molecule has 0 unspecified atom stereocenters. The van der Waals surface area contributed by atoms with Gasteiger partial charge in [-0.3, -0.25) is 4.79 Å². The Hall–Kier alpha value is -2.51. The number of hydrogen-bond acceptors (Lipinski definition) is 4. The van der Waals surface area contributed by atoms with Gasteiger partial charge in [-0.05, 0) is 49.2 Å². The van der Waals surface area contributed by atoms with E-state index < -0.39 is 11.4 Å². The van der Waals surface area contributed by atoms with Crippen molar-refractivity contribution in [2.24, 2.45) is 5.73 Å². The Morgan fingerprint density at radius 1 is 1.27 bits per heavy atom. The highest BCUT2D eigenvalue weighted by molar-refractivity contribution is 5.86. The lowest BCUT2D eigenvalue weighted by Gasteiger charge is -2.20. The van der Waals surface area contributed by atoms with Crippen LogP contribution < -0.4 is 16.4 Å².